The standard InChI is InChI=1S/C12H8F3N3O2/c1-20-10-3-2-9(17-18-10)11(19)7-6-16-5-4-8(7)12(13,14)15/h2-6H,1H3. The molecule has 5 nitrogen and oxygen atoms in total. The van der Waals surface area contributed by atoms with E-state index in [4.69, 9.17) is 4.74 Å². The summed E-state index contributed by atoms with van der Waals surface area (Å²) in [5.41, 5.74) is -1.85. The van der Waals surface area contributed by atoms with Crippen LogP contribution in [0.3, 0.4) is 0 Å². The highest BCUT2D eigenvalue weighted by Crippen LogP contribution is 2.32. The molecule has 0 aliphatic heterocycles. The molecule has 104 valence electrons. The zero-order valence-corrected chi connectivity index (χ0v) is 10.2. The first-order valence-electron chi connectivity index (χ1n) is 5.37. The van der Waals surface area contributed by atoms with Gasteiger partial charge in [0.25, 0.3) is 0 Å². The summed E-state index contributed by atoms with van der Waals surface area (Å²) in [5.74, 6) is -0.746. The first-order valence-corrected chi connectivity index (χ1v) is 5.37. The van der Waals surface area contributed by atoms with E-state index in [1.54, 1.807) is 0 Å². The molecule has 0 unspecified atom stereocenters. The Kier molecular flexibility index (Phi) is 3.64. The highest BCUT2D eigenvalue weighted by Gasteiger charge is 2.35. The number of hydrogen-bond donors (Lipinski definition) is 0. The summed E-state index contributed by atoms with van der Waals surface area (Å²) in [7, 11) is 1.36. The van der Waals surface area contributed by atoms with Gasteiger partial charge in [0.2, 0.25) is 11.7 Å². The van der Waals surface area contributed by atoms with Crippen molar-refractivity contribution in [1.29, 1.82) is 0 Å². The monoisotopic (exact) mass is 283 g/mol. The van der Waals surface area contributed by atoms with Crippen LogP contribution in [0.2, 0.25) is 0 Å². The summed E-state index contributed by atoms with van der Waals surface area (Å²) < 4.78 is 43.2. The molecule has 0 atom stereocenters. The van der Waals surface area contributed by atoms with Crippen molar-refractivity contribution in [2.45, 2.75) is 6.18 Å². The van der Waals surface area contributed by atoms with Gasteiger partial charge in [-0.15, -0.1) is 10.2 Å². The minimum atomic E-state index is -4.65. The van der Waals surface area contributed by atoms with Gasteiger partial charge < -0.3 is 4.74 Å². The minimum Gasteiger partial charge on any atom is -0.480 e. The minimum absolute atomic E-state index is 0.156. The van der Waals surface area contributed by atoms with E-state index in [1.165, 1.54) is 19.2 Å². The number of alkyl halides is 3. The maximum atomic E-state index is 12.8. The van der Waals surface area contributed by atoms with Crippen LogP contribution in [0.5, 0.6) is 5.88 Å². The van der Waals surface area contributed by atoms with Crippen molar-refractivity contribution in [3.05, 3.63) is 47.4 Å². The molecule has 0 aliphatic carbocycles. The number of carbonyl (C=O) groups is 1. The first kappa shape index (κ1) is 13.9. The van der Waals surface area contributed by atoms with E-state index >= 15 is 0 Å². The van der Waals surface area contributed by atoms with Crippen LogP contribution in [-0.2, 0) is 6.18 Å². The second kappa shape index (κ2) is 5.24. The van der Waals surface area contributed by atoms with Gasteiger partial charge in [-0.2, -0.15) is 13.2 Å². The maximum Gasteiger partial charge on any atom is 0.417 e. The maximum absolute atomic E-state index is 12.8. The lowest BCUT2D eigenvalue weighted by molar-refractivity contribution is -0.137. The van der Waals surface area contributed by atoms with Gasteiger partial charge in [0.05, 0.1) is 18.2 Å². The van der Waals surface area contributed by atoms with Crippen LogP contribution >= 0.6 is 0 Å². The second-order valence-corrected chi connectivity index (χ2v) is 3.71. The van der Waals surface area contributed by atoms with Crippen molar-refractivity contribution in [3.63, 3.8) is 0 Å². The molecule has 0 spiro atoms. The molecule has 2 heterocycles. The van der Waals surface area contributed by atoms with Gasteiger partial charge in [0.15, 0.2) is 0 Å². The highest BCUT2D eigenvalue weighted by atomic mass is 19.4. The Morgan fingerprint density at radius 1 is 1.20 bits per heavy atom. The number of ether oxygens (including phenoxy) is 1. The summed E-state index contributed by atoms with van der Waals surface area (Å²) in [5, 5.41) is 7.07. The highest BCUT2D eigenvalue weighted by molar-refractivity contribution is 6.08. The zero-order chi connectivity index (χ0) is 14.8. The number of carbonyl (C=O) groups excluding carboxylic acids is 1. The number of ketones is 1. The van der Waals surface area contributed by atoms with Crippen LogP contribution in [0.15, 0.2) is 30.6 Å². The van der Waals surface area contributed by atoms with Gasteiger partial charge in [0, 0.05) is 18.5 Å². The third-order valence-corrected chi connectivity index (χ3v) is 2.45. The van der Waals surface area contributed by atoms with E-state index in [9.17, 15) is 18.0 Å². The largest absolute Gasteiger partial charge is 0.480 e. The van der Waals surface area contributed by atoms with Gasteiger partial charge in [-0.3, -0.25) is 9.78 Å². The van der Waals surface area contributed by atoms with E-state index in [0.717, 1.165) is 18.5 Å². The molecule has 0 aliphatic rings. The normalized spacial score (nSPS) is 11.2. The lowest BCUT2D eigenvalue weighted by atomic mass is 10.0. The lowest BCUT2D eigenvalue weighted by Crippen LogP contribution is -2.15. The van der Waals surface area contributed by atoms with Crippen LogP contribution in [0.4, 0.5) is 13.2 Å². The van der Waals surface area contributed by atoms with Crippen molar-refractivity contribution in [2.75, 3.05) is 7.11 Å². The van der Waals surface area contributed by atoms with E-state index < -0.39 is 23.1 Å². The van der Waals surface area contributed by atoms with Crippen molar-refractivity contribution < 1.29 is 22.7 Å². The first-order chi connectivity index (χ1) is 9.43. The van der Waals surface area contributed by atoms with Crippen LogP contribution in [0.25, 0.3) is 0 Å². The number of methoxy groups -OCH3 is 1. The summed E-state index contributed by atoms with van der Waals surface area (Å²) in [6.45, 7) is 0. The Hall–Kier alpha value is -2.51. The zero-order valence-electron chi connectivity index (χ0n) is 10.2. The molecule has 2 rings (SSSR count). The Morgan fingerprint density at radius 2 is 1.95 bits per heavy atom. The fourth-order valence-corrected chi connectivity index (χ4v) is 1.51. The van der Waals surface area contributed by atoms with Gasteiger partial charge >= 0.3 is 6.18 Å². The van der Waals surface area contributed by atoms with Crippen molar-refractivity contribution >= 4 is 5.78 Å². The summed E-state index contributed by atoms with van der Waals surface area (Å²) >= 11 is 0. The number of nitrogens with zero attached hydrogens (tertiary/aromatic N) is 3. The summed E-state index contributed by atoms with van der Waals surface area (Å²) in [6.07, 6.45) is -2.82. The number of rotatable bonds is 3. The molecule has 0 radical (unpaired) electrons. The van der Waals surface area contributed by atoms with E-state index in [-0.39, 0.29) is 11.6 Å². The van der Waals surface area contributed by atoms with Crippen LogP contribution in [0.1, 0.15) is 21.6 Å². The van der Waals surface area contributed by atoms with Crippen molar-refractivity contribution in [1.82, 2.24) is 15.2 Å². The molecule has 20 heavy (non-hydrogen) atoms. The Balaban J connectivity index is 2.43. The molecular formula is C12H8F3N3O2. The topological polar surface area (TPSA) is 65.0 Å². The lowest BCUT2D eigenvalue weighted by Gasteiger charge is -2.10. The predicted molar refractivity (Wildman–Crippen MR) is 61.3 cm³/mol. The molecular weight excluding hydrogens is 275 g/mol. The van der Waals surface area contributed by atoms with Crippen LogP contribution < -0.4 is 4.74 Å². The number of aromatic nitrogens is 3. The predicted octanol–water partition coefficient (Wildman–Crippen LogP) is 2.13. The van der Waals surface area contributed by atoms with E-state index in [0.29, 0.717) is 0 Å². The smallest absolute Gasteiger partial charge is 0.417 e. The molecule has 0 N–H and O–H groups in total. The second-order valence-electron chi connectivity index (χ2n) is 3.71. The quantitative estimate of drug-likeness (QED) is 0.807. The van der Waals surface area contributed by atoms with E-state index in [2.05, 4.69) is 15.2 Å². The average Bonchev–Trinajstić information content (AvgIpc) is 2.46. The Labute approximate surface area is 111 Å². The molecule has 0 fully saturated rings. The van der Waals surface area contributed by atoms with Crippen LogP contribution in [-0.4, -0.2) is 28.1 Å². The fraction of sp³-hybridized carbons (Fsp3) is 0.167. The Morgan fingerprint density at radius 3 is 2.50 bits per heavy atom. The molecule has 0 saturated heterocycles. The molecule has 0 bridgehead atoms. The van der Waals surface area contributed by atoms with Gasteiger partial charge in [-0.05, 0) is 12.1 Å². The fourth-order valence-electron chi connectivity index (χ4n) is 1.51. The third-order valence-electron chi connectivity index (χ3n) is 2.45. The number of hydrogen-bond acceptors (Lipinski definition) is 5. The molecule has 0 aromatic carbocycles. The average molecular weight is 283 g/mol. The van der Waals surface area contributed by atoms with Crippen LogP contribution in [0, 0.1) is 0 Å². The molecule has 2 aromatic heterocycles. The Bertz CT molecular complexity index is 627. The number of pyridine rings is 1. The SMILES string of the molecule is COc1ccc(C(=O)c2cnccc2C(F)(F)F)nn1. The van der Waals surface area contributed by atoms with Gasteiger partial charge in [-0.25, -0.2) is 0 Å². The van der Waals surface area contributed by atoms with Crippen molar-refractivity contribution in [3.8, 4) is 5.88 Å². The van der Waals surface area contributed by atoms with Gasteiger partial charge in [-0.1, -0.05) is 0 Å². The van der Waals surface area contributed by atoms with Crippen molar-refractivity contribution in [2.24, 2.45) is 0 Å². The number of halogens is 3. The van der Waals surface area contributed by atoms with E-state index in [1.807, 2.05) is 0 Å². The van der Waals surface area contributed by atoms with Gasteiger partial charge in [0.1, 0.15) is 5.69 Å². The molecule has 8 heteroatoms. The third kappa shape index (κ3) is 2.73. The molecule has 0 amide bonds. The summed E-state index contributed by atoms with van der Waals surface area (Å²) in [6, 6.07) is 3.31. The molecule has 0 saturated carbocycles. The molecule has 2 aromatic rings. The summed E-state index contributed by atoms with van der Waals surface area (Å²) in [4.78, 5) is 15.6.